The summed E-state index contributed by atoms with van der Waals surface area (Å²) in [5.74, 6) is 0.182. The second-order valence-electron chi connectivity index (χ2n) is 5.96. The molecule has 0 saturated carbocycles. The second-order valence-corrected chi connectivity index (χ2v) is 6.74. The number of hydrogen-bond acceptors (Lipinski definition) is 4. The molecule has 22 heavy (non-hydrogen) atoms. The minimum absolute atomic E-state index is 0.182. The number of likely N-dealkylation sites (tertiary alicyclic amines) is 1. The molecule has 1 amide bonds. The van der Waals surface area contributed by atoms with Gasteiger partial charge >= 0.3 is 0 Å². The maximum absolute atomic E-state index is 12.5. The SMILES string of the molecule is CN(Cc1ccsc1)C(=O)CN1CCC[C@@H]1c1cnn(C)c1. The van der Waals surface area contributed by atoms with Crippen LogP contribution in [-0.2, 0) is 18.4 Å². The summed E-state index contributed by atoms with van der Waals surface area (Å²) in [6, 6.07) is 2.40. The number of hydrogen-bond donors (Lipinski definition) is 0. The van der Waals surface area contributed by atoms with Gasteiger partial charge in [-0.25, -0.2) is 0 Å². The van der Waals surface area contributed by atoms with Gasteiger partial charge in [0.2, 0.25) is 5.91 Å². The van der Waals surface area contributed by atoms with Crippen molar-refractivity contribution in [1.29, 1.82) is 0 Å². The molecular weight excluding hydrogens is 296 g/mol. The Bertz CT molecular complexity index is 622. The van der Waals surface area contributed by atoms with E-state index in [0.29, 0.717) is 19.1 Å². The van der Waals surface area contributed by atoms with Crippen molar-refractivity contribution in [2.24, 2.45) is 7.05 Å². The van der Waals surface area contributed by atoms with E-state index in [-0.39, 0.29) is 5.91 Å². The molecule has 0 bridgehead atoms. The molecule has 118 valence electrons. The predicted octanol–water partition coefficient (Wildman–Crippen LogP) is 2.28. The molecule has 1 saturated heterocycles. The molecule has 1 aliphatic heterocycles. The first-order valence-corrected chi connectivity index (χ1v) is 8.55. The fourth-order valence-electron chi connectivity index (χ4n) is 3.04. The maximum atomic E-state index is 12.5. The van der Waals surface area contributed by atoms with Gasteiger partial charge in [0.25, 0.3) is 0 Å². The highest BCUT2D eigenvalue weighted by atomic mass is 32.1. The van der Waals surface area contributed by atoms with Crippen molar-refractivity contribution in [3.8, 4) is 0 Å². The minimum Gasteiger partial charge on any atom is -0.340 e. The fourth-order valence-corrected chi connectivity index (χ4v) is 3.70. The van der Waals surface area contributed by atoms with Crippen molar-refractivity contribution in [3.63, 3.8) is 0 Å². The largest absolute Gasteiger partial charge is 0.340 e. The highest BCUT2D eigenvalue weighted by molar-refractivity contribution is 7.07. The first kappa shape index (κ1) is 15.2. The molecule has 0 N–H and O–H groups in total. The number of carbonyl (C=O) groups excluding carboxylic acids is 1. The van der Waals surface area contributed by atoms with Gasteiger partial charge in [-0.3, -0.25) is 14.4 Å². The van der Waals surface area contributed by atoms with E-state index in [2.05, 4.69) is 27.6 Å². The van der Waals surface area contributed by atoms with Crippen LogP contribution in [0.3, 0.4) is 0 Å². The molecule has 0 aliphatic carbocycles. The third-order valence-electron chi connectivity index (χ3n) is 4.24. The molecule has 0 aromatic carbocycles. The average molecular weight is 318 g/mol. The normalized spacial score (nSPS) is 18.7. The Labute approximate surface area is 135 Å². The lowest BCUT2D eigenvalue weighted by molar-refractivity contribution is -0.131. The molecule has 1 aliphatic rings. The van der Waals surface area contributed by atoms with E-state index in [1.54, 1.807) is 11.3 Å². The number of thiophene rings is 1. The van der Waals surface area contributed by atoms with Crippen molar-refractivity contribution < 1.29 is 4.79 Å². The molecule has 2 aromatic rings. The van der Waals surface area contributed by atoms with E-state index < -0.39 is 0 Å². The monoisotopic (exact) mass is 318 g/mol. The smallest absolute Gasteiger partial charge is 0.236 e. The van der Waals surface area contributed by atoms with E-state index in [4.69, 9.17) is 0 Å². The van der Waals surface area contributed by atoms with E-state index in [1.165, 1.54) is 11.1 Å². The van der Waals surface area contributed by atoms with Gasteiger partial charge in [-0.1, -0.05) is 0 Å². The highest BCUT2D eigenvalue weighted by Crippen LogP contribution is 2.31. The molecule has 3 rings (SSSR count). The standard InChI is InChI=1S/C16H22N4OS/c1-18(9-13-5-7-22-12-13)16(21)11-20-6-3-4-15(20)14-8-17-19(2)10-14/h5,7-8,10,12,15H,3-4,6,9,11H2,1-2H3/t15-/m1/s1. The van der Waals surface area contributed by atoms with Crippen LogP contribution in [0.25, 0.3) is 0 Å². The van der Waals surface area contributed by atoms with Crippen LogP contribution >= 0.6 is 11.3 Å². The van der Waals surface area contributed by atoms with Crippen LogP contribution in [0.4, 0.5) is 0 Å². The third-order valence-corrected chi connectivity index (χ3v) is 4.97. The lowest BCUT2D eigenvalue weighted by Gasteiger charge is -2.25. The molecule has 1 atom stereocenters. The Morgan fingerprint density at radius 3 is 3.09 bits per heavy atom. The molecular formula is C16H22N4OS. The van der Waals surface area contributed by atoms with Gasteiger partial charge in [-0.05, 0) is 41.8 Å². The van der Waals surface area contributed by atoms with E-state index in [1.807, 2.05) is 35.3 Å². The van der Waals surface area contributed by atoms with Crippen molar-refractivity contribution in [2.75, 3.05) is 20.1 Å². The van der Waals surface area contributed by atoms with E-state index >= 15 is 0 Å². The summed E-state index contributed by atoms with van der Waals surface area (Å²) < 4.78 is 1.83. The Morgan fingerprint density at radius 1 is 1.55 bits per heavy atom. The molecule has 0 unspecified atom stereocenters. The van der Waals surface area contributed by atoms with E-state index in [9.17, 15) is 4.79 Å². The molecule has 0 spiro atoms. The third kappa shape index (κ3) is 3.39. The summed E-state index contributed by atoms with van der Waals surface area (Å²) in [4.78, 5) is 16.6. The number of aryl methyl sites for hydroxylation is 1. The van der Waals surface area contributed by atoms with Crippen LogP contribution in [-0.4, -0.2) is 45.6 Å². The van der Waals surface area contributed by atoms with E-state index in [0.717, 1.165) is 19.4 Å². The molecule has 6 heteroatoms. The summed E-state index contributed by atoms with van der Waals surface area (Å²) in [6.07, 6.45) is 6.22. The van der Waals surface area contributed by atoms with Crippen LogP contribution in [0.15, 0.2) is 29.2 Å². The predicted molar refractivity (Wildman–Crippen MR) is 87.5 cm³/mol. The van der Waals surface area contributed by atoms with Crippen molar-refractivity contribution in [3.05, 3.63) is 40.3 Å². The van der Waals surface area contributed by atoms with Crippen LogP contribution < -0.4 is 0 Å². The zero-order valence-corrected chi connectivity index (χ0v) is 13.9. The van der Waals surface area contributed by atoms with Gasteiger partial charge < -0.3 is 4.90 Å². The van der Waals surface area contributed by atoms with Gasteiger partial charge in [0, 0.05) is 38.4 Å². The number of likely N-dealkylation sites (N-methyl/N-ethyl adjacent to an activating group) is 1. The van der Waals surface area contributed by atoms with Crippen molar-refractivity contribution >= 4 is 17.2 Å². The zero-order chi connectivity index (χ0) is 15.5. The Kier molecular flexibility index (Phi) is 4.59. The fraction of sp³-hybridized carbons (Fsp3) is 0.500. The van der Waals surface area contributed by atoms with Crippen LogP contribution in [0.2, 0.25) is 0 Å². The molecule has 2 aromatic heterocycles. The number of carbonyl (C=O) groups is 1. The van der Waals surface area contributed by atoms with Gasteiger partial charge in [0.1, 0.15) is 0 Å². The molecule has 1 fully saturated rings. The Morgan fingerprint density at radius 2 is 2.41 bits per heavy atom. The molecule has 3 heterocycles. The average Bonchev–Trinajstić information content (AvgIpc) is 3.20. The molecule has 5 nitrogen and oxygen atoms in total. The lowest BCUT2D eigenvalue weighted by Crippen LogP contribution is -2.37. The van der Waals surface area contributed by atoms with Crippen molar-refractivity contribution in [2.45, 2.75) is 25.4 Å². The van der Waals surface area contributed by atoms with Crippen molar-refractivity contribution in [1.82, 2.24) is 19.6 Å². The number of aromatic nitrogens is 2. The van der Waals surface area contributed by atoms with Crippen LogP contribution in [0, 0.1) is 0 Å². The second kappa shape index (κ2) is 6.62. The summed E-state index contributed by atoms with van der Waals surface area (Å²) >= 11 is 1.67. The lowest BCUT2D eigenvalue weighted by atomic mass is 10.1. The number of nitrogens with zero attached hydrogens (tertiary/aromatic N) is 4. The maximum Gasteiger partial charge on any atom is 0.236 e. The highest BCUT2D eigenvalue weighted by Gasteiger charge is 2.29. The summed E-state index contributed by atoms with van der Waals surface area (Å²) in [7, 11) is 3.82. The molecule has 0 radical (unpaired) electrons. The zero-order valence-electron chi connectivity index (χ0n) is 13.1. The summed E-state index contributed by atoms with van der Waals surface area (Å²) in [5, 5.41) is 8.40. The summed E-state index contributed by atoms with van der Waals surface area (Å²) in [6.45, 7) is 2.16. The number of rotatable bonds is 5. The van der Waals surface area contributed by atoms with Gasteiger partial charge in [0.15, 0.2) is 0 Å². The van der Waals surface area contributed by atoms with Crippen LogP contribution in [0.1, 0.15) is 30.0 Å². The number of amides is 1. The topological polar surface area (TPSA) is 41.4 Å². The van der Waals surface area contributed by atoms with Gasteiger partial charge in [-0.15, -0.1) is 0 Å². The quantitative estimate of drug-likeness (QED) is 0.849. The summed E-state index contributed by atoms with van der Waals surface area (Å²) in [5.41, 5.74) is 2.42. The van der Waals surface area contributed by atoms with Gasteiger partial charge in [-0.2, -0.15) is 16.4 Å². The Balaban J connectivity index is 1.60. The first-order chi connectivity index (χ1) is 10.6. The minimum atomic E-state index is 0.182. The van der Waals surface area contributed by atoms with Crippen LogP contribution in [0.5, 0.6) is 0 Å². The first-order valence-electron chi connectivity index (χ1n) is 7.61. The van der Waals surface area contributed by atoms with Gasteiger partial charge in [0.05, 0.1) is 12.7 Å². The Hall–Kier alpha value is -1.66.